The average molecular weight is 454 g/mol. The van der Waals surface area contributed by atoms with E-state index in [9.17, 15) is 4.79 Å². The van der Waals surface area contributed by atoms with Crippen LogP contribution < -0.4 is 10.2 Å². The first-order chi connectivity index (χ1) is 16.8. The van der Waals surface area contributed by atoms with Crippen molar-refractivity contribution >= 4 is 23.0 Å². The number of nitrogens with zero attached hydrogens (tertiary/aromatic N) is 4. The minimum absolute atomic E-state index is 0.0329. The lowest BCUT2D eigenvalue weighted by atomic mass is 10.1. The Balaban J connectivity index is 1.19. The molecule has 1 aliphatic heterocycles. The highest BCUT2D eigenvalue weighted by atomic mass is 16.2. The number of urea groups is 1. The summed E-state index contributed by atoms with van der Waals surface area (Å²) in [5.41, 5.74) is 4.70. The van der Waals surface area contributed by atoms with E-state index in [2.05, 4.69) is 81.5 Å². The first-order valence-electron chi connectivity index (χ1n) is 12.1. The predicted octanol–water partition coefficient (Wildman–Crippen LogP) is 4.55. The number of amides is 2. The van der Waals surface area contributed by atoms with Crippen molar-refractivity contribution < 1.29 is 4.79 Å². The molecular weight excluding hydrogens is 422 g/mol. The van der Waals surface area contributed by atoms with E-state index in [-0.39, 0.29) is 6.03 Å². The van der Waals surface area contributed by atoms with E-state index in [1.165, 1.54) is 11.1 Å². The summed E-state index contributed by atoms with van der Waals surface area (Å²) in [6.07, 6.45) is 1.92. The van der Waals surface area contributed by atoms with Crippen LogP contribution in [0.5, 0.6) is 0 Å². The largest absolute Gasteiger partial charge is 0.339 e. The number of para-hydroxylation sites is 2. The summed E-state index contributed by atoms with van der Waals surface area (Å²) in [7, 11) is 0. The van der Waals surface area contributed by atoms with Crippen LogP contribution in [-0.4, -0.2) is 53.2 Å². The monoisotopic (exact) mass is 453 g/mol. The summed E-state index contributed by atoms with van der Waals surface area (Å²) in [5, 5.41) is 3.09. The van der Waals surface area contributed by atoms with Crippen molar-refractivity contribution in [2.45, 2.75) is 19.4 Å². The molecule has 3 aromatic carbocycles. The highest BCUT2D eigenvalue weighted by Gasteiger charge is 2.24. The van der Waals surface area contributed by atoms with Crippen LogP contribution >= 0.6 is 0 Å². The Labute approximate surface area is 200 Å². The quantitative estimate of drug-likeness (QED) is 0.418. The molecule has 34 heavy (non-hydrogen) atoms. The number of nitrogens with one attached hydrogen (secondary N) is 1. The summed E-state index contributed by atoms with van der Waals surface area (Å²) < 4.78 is 2.30. The third kappa shape index (κ3) is 5.06. The molecule has 6 heteroatoms. The fraction of sp³-hybridized carbons (Fsp3) is 0.286. The highest BCUT2D eigenvalue weighted by Crippen LogP contribution is 2.25. The number of benzene rings is 3. The van der Waals surface area contributed by atoms with Gasteiger partial charge in [-0.15, -0.1) is 0 Å². The Morgan fingerprint density at radius 1 is 0.794 bits per heavy atom. The van der Waals surface area contributed by atoms with E-state index in [4.69, 9.17) is 4.98 Å². The summed E-state index contributed by atoms with van der Waals surface area (Å²) in [4.78, 5) is 21.9. The maximum Gasteiger partial charge on any atom is 0.317 e. The predicted molar refractivity (Wildman–Crippen MR) is 137 cm³/mol. The van der Waals surface area contributed by atoms with Crippen LogP contribution in [-0.2, 0) is 13.0 Å². The van der Waals surface area contributed by atoms with Crippen LogP contribution in [0.4, 0.5) is 10.7 Å². The third-order valence-corrected chi connectivity index (χ3v) is 6.43. The lowest BCUT2D eigenvalue weighted by molar-refractivity contribution is 0.194. The molecule has 0 radical (unpaired) electrons. The zero-order valence-corrected chi connectivity index (χ0v) is 19.4. The van der Waals surface area contributed by atoms with Crippen LogP contribution in [0.3, 0.4) is 0 Å². The van der Waals surface area contributed by atoms with Gasteiger partial charge in [-0.3, -0.25) is 0 Å². The van der Waals surface area contributed by atoms with Crippen LogP contribution in [0.25, 0.3) is 11.0 Å². The summed E-state index contributed by atoms with van der Waals surface area (Å²) in [6.45, 7) is 4.41. The number of hydrogen-bond donors (Lipinski definition) is 1. The van der Waals surface area contributed by atoms with Crippen molar-refractivity contribution in [3.05, 3.63) is 96.1 Å². The van der Waals surface area contributed by atoms with Gasteiger partial charge >= 0.3 is 6.03 Å². The van der Waals surface area contributed by atoms with E-state index in [1.54, 1.807) is 0 Å². The van der Waals surface area contributed by atoms with Crippen LogP contribution in [0, 0.1) is 0 Å². The lowest BCUT2D eigenvalue weighted by Crippen LogP contribution is -2.52. The van der Waals surface area contributed by atoms with Gasteiger partial charge in [0.25, 0.3) is 0 Å². The highest BCUT2D eigenvalue weighted by molar-refractivity contribution is 5.79. The molecule has 1 fully saturated rings. The molecule has 1 saturated heterocycles. The molecule has 2 amide bonds. The smallest absolute Gasteiger partial charge is 0.317 e. The van der Waals surface area contributed by atoms with Gasteiger partial charge in [-0.25, -0.2) is 9.78 Å². The van der Waals surface area contributed by atoms with E-state index in [1.807, 2.05) is 23.1 Å². The molecular formula is C28H31N5O. The number of hydrogen-bond acceptors (Lipinski definition) is 3. The van der Waals surface area contributed by atoms with Gasteiger partial charge < -0.3 is 19.7 Å². The summed E-state index contributed by atoms with van der Waals surface area (Å²) in [5.74, 6) is 0.980. The standard InChI is InChI=1S/C28H31N5O/c34-28(29-17-9-14-23-10-3-1-4-11-23)32-20-18-31(19-21-32)27-30-25-15-7-8-16-26(25)33(27)22-24-12-5-2-6-13-24/h1-8,10-13,15-16H,9,14,17-22H2,(H,29,34). The number of aromatic nitrogens is 2. The van der Waals surface area contributed by atoms with Crippen LogP contribution in [0.1, 0.15) is 17.5 Å². The van der Waals surface area contributed by atoms with Crippen LogP contribution in [0.15, 0.2) is 84.9 Å². The maximum absolute atomic E-state index is 12.7. The molecule has 1 aromatic heterocycles. The normalized spacial score (nSPS) is 13.9. The minimum atomic E-state index is 0.0329. The van der Waals surface area contributed by atoms with E-state index in [0.29, 0.717) is 19.6 Å². The SMILES string of the molecule is O=C(NCCCc1ccccc1)N1CCN(c2nc3ccccc3n2Cc2ccccc2)CC1. The number of fused-ring (bicyclic) bond motifs is 1. The number of carbonyl (C=O) groups is 1. The van der Waals surface area contributed by atoms with Gasteiger partial charge in [-0.2, -0.15) is 0 Å². The number of imidazole rings is 1. The van der Waals surface area contributed by atoms with Gasteiger partial charge in [0.2, 0.25) is 5.95 Å². The second-order valence-corrected chi connectivity index (χ2v) is 8.77. The minimum Gasteiger partial charge on any atom is -0.339 e. The molecule has 174 valence electrons. The molecule has 4 aromatic rings. The molecule has 5 rings (SSSR count). The van der Waals surface area contributed by atoms with Crippen molar-refractivity contribution in [2.24, 2.45) is 0 Å². The van der Waals surface area contributed by atoms with Crippen LogP contribution in [0.2, 0.25) is 0 Å². The zero-order chi connectivity index (χ0) is 23.2. The Morgan fingerprint density at radius 3 is 2.18 bits per heavy atom. The molecule has 0 atom stereocenters. The number of carbonyl (C=O) groups excluding carboxylic acids is 1. The second-order valence-electron chi connectivity index (χ2n) is 8.77. The fourth-order valence-corrected chi connectivity index (χ4v) is 4.58. The Hall–Kier alpha value is -3.80. The first kappa shape index (κ1) is 22.0. The van der Waals surface area contributed by atoms with Gasteiger partial charge in [-0.1, -0.05) is 72.8 Å². The van der Waals surface area contributed by atoms with Crippen molar-refractivity contribution in [3.63, 3.8) is 0 Å². The fourth-order valence-electron chi connectivity index (χ4n) is 4.58. The van der Waals surface area contributed by atoms with Crippen molar-refractivity contribution in [3.8, 4) is 0 Å². The average Bonchev–Trinajstić information content (AvgIpc) is 3.26. The third-order valence-electron chi connectivity index (χ3n) is 6.43. The molecule has 0 bridgehead atoms. The van der Waals surface area contributed by atoms with Gasteiger partial charge in [-0.05, 0) is 36.1 Å². The van der Waals surface area contributed by atoms with Crippen molar-refractivity contribution in [1.29, 1.82) is 0 Å². The number of anilines is 1. The van der Waals surface area contributed by atoms with Crippen molar-refractivity contribution in [2.75, 3.05) is 37.6 Å². The summed E-state index contributed by atoms with van der Waals surface area (Å²) in [6, 6.07) is 29.2. The molecule has 0 saturated carbocycles. The Bertz CT molecular complexity index is 1210. The van der Waals surface area contributed by atoms with E-state index in [0.717, 1.165) is 49.5 Å². The Morgan fingerprint density at radius 2 is 1.44 bits per heavy atom. The lowest BCUT2D eigenvalue weighted by Gasteiger charge is -2.35. The Kier molecular flexibility index (Phi) is 6.75. The topological polar surface area (TPSA) is 53.4 Å². The summed E-state index contributed by atoms with van der Waals surface area (Å²) >= 11 is 0. The maximum atomic E-state index is 12.7. The number of rotatable bonds is 7. The molecule has 0 unspecified atom stereocenters. The molecule has 6 nitrogen and oxygen atoms in total. The number of aryl methyl sites for hydroxylation is 1. The molecule has 0 aliphatic carbocycles. The first-order valence-corrected chi connectivity index (χ1v) is 12.1. The number of piperazine rings is 1. The van der Waals surface area contributed by atoms with E-state index >= 15 is 0 Å². The van der Waals surface area contributed by atoms with Gasteiger partial charge in [0.15, 0.2) is 0 Å². The van der Waals surface area contributed by atoms with Crippen molar-refractivity contribution in [1.82, 2.24) is 19.8 Å². The second kappa shape index (κ2) is 10.4. The van der Waals surface area contributed by atoms with E-state index < -0.39 is 0 Å². The van der Waals surface area contributed by atoms with Gasteiger partial charge in [0, 0.05) is 32.7 Å². The molecule has 0 spiro atoms. The molecule has 1 aliphatic rings. The van der Waals surface area contributed by atoms with Gasteiger partial charge in [0.1, 0.15) is 0 Å². The molecule has 2 heterocycles. The van der Waals surface area contributed by atoms with Gasteiger partial charge in [0.05, 0.1) is 17.6 Å². The molecule has 1 N–H and O–H groups in total. The zero-order valence-electron chi connectivity index (χ0n) is 19.4.